The molecule has 0 unspecified atom stereocenters. The molecule has 136 valence electrons. The summed E-state index contributed by atoms with van der Waals surface area (Å²) in [6, 6.07) is 14.5. The Morgan fingerprint density at radius 3 is 2.31 bits per heavy atom. The van der Waals surface area contributed by atoms with Crippen LogP contribution in [0.4, 0.5) is 5.69 Å². The third-order valence-corrected chi connectivity index (χ3v) is 3.82. The van der Waals surface area contributed by atoms with Crippen molar-refractivity contribution in [2.45, 2.75) is 13.8 Å². The highest BCUT2D eigenvalue weighted by atomic mass is 16.2. The van der Waals surface area contributed by atoms with Crippen LogP contribution in [0.1, 0.15) is 21.5 Å². The topological polar surface area (TPSA) is 78.5 Å². The van der Waals surface area contributed by atoms with Crippen LogP contribution in [0.3, 0.4) is 0 Å². The van der Waals surface area contributed by atoms with Crippen molar-refractivity contribution in [2.24, 2.45) is 0 Å². The minimum absolute atomic E-state index is 0.0903. The van der Waals surface area contributed by atoms with E-state index in [1.165, 1.54) is 11.9 Å². The molecule has 0 spiro atoms. The van der Waals surface area contributed by atoms with E-state index in [-0.39, 0.29) is 30.8 Å². The molecule has 0 fully saturated rings. The summed E-state index contributed by atoms with van der Waals surface area (Å²) in [5.74, 6) is -0.959. The lowest BCUT2D eigenvalue weighted by Crippen LogP contribution is -2.41. The minimum atomic E-state index is -0.343. The standard InChI is InChI=1S/C20H23N3O3/c1-14-7-9-17(10-8-14)22-18(24)13-23(3)19(25)12-21-20(26)16-6-4-5-15(2)11-16/h4-11H,12-13H2,1-3H3,(H,21,26)(H,22,24). The number of benzene rings is 2. The zero-order chi connectivity index (χ0) is 19.1. The van der Waals surface area contributed by atoms with Crippen molar-refractivity contribution in [3.05, 3.63) is 65.2 Å². The summed E-state index contributed by atoms with van der Waals surface area (Å²) in [4.78, 5) is 37.5. The number of nitrogens with one attached hydrogen (secondary N) is 2. The Morgan fingerprint density at radius 2 is 1.65 bits per heavy atom. The molecule has 2 aromatic carbocycles. The minimum Gasteiger partial charge on any atom is -0.343 e. The molecule has 0 saturated heterocycles. The molecular weight excluding hydrogens is 330 g/mol. The molecule has 0 atom stereocenters. The maximum Gasteiger partial charge on any atom is 0.251 e. The summed E-state index contributed by atoms with van der Waals surface area (Å²) in [5.41, 5.74) is 3.24. The Hall–Kier alpha value is -3.15. The average molecular weight is 353 g/mol. The van der Waals surface area contributed by atoms with Crippen LogP contribution < -0.4 is 10.6 Å². The SMILES string of the molecule is Cc1ccc(NC(=O)CN(C)C(=O)CNC(=O)c2cccc(C)c2)cc1. The lowest BCUT2D eigenvalue weighted by atomic mass is 10.1. The number of nitrogens with zero attached hydrogens (tertiary/aromatic N) is 1. The molecule has 6 heteroatoms. The summed E-state index contributed by atoms with van der Waals surface area (Å²) in [5, 5.41) is 5.31. The highest BCUT2D eigenvalue weighted by molar-refractivity contribution is 5.98. The molecule has 0 aliphatic carbocycles. The van der Waals surface area contributed by atoms with E-state index in [4.69, 9.17) is 0 Å². The molecule has 2 N–H and O–H groups in total. The maximum absolute atomic E-state index is 12.1. The second-order valence-electron chi connectivity index (χ2n) is 6.22. The normalized spacial score (nSPS) is 10.1. The Morgan fingerprint density at radius 1 is 0.962 bits per heavy atom. The van der Waals surface area contributed by atoms with Gasteiger partial charge in [0.1, 0.15) is 0 Å². The molecular formula is C20H23N3O3. The van der Waals surface area contributed by atoms with E-state index in [0.29, 0.717) is 11.3 Å². The van der Waals surface area contributed by atoms with Crippen LogP contribution in [0.25, 0.3) is 0 Å². The Labute approximate surface area is 153 Å². The Kier molecular flexibility index (Phi) is 6.49. The third kappa shape index (κ3) is 5.73. The third-order valence-electron chi connectivity index (χ3n) is 3.82. The van der Waals surface area contributed by atoms with Gasteiger partial charge in [0, 0.05) is 18.3 Å². The van der Waals surface area contributed by atoms with Crippen molar-refractivity contribution in [1.29, 1.82) is 0 Å². The zero-order valence-electron chi connectivity index (χ0n) is 15.2. The van der Waals surface area contributed by atoms with Crippen LogP contribution in [0.15, 0.2) is 48.5 Å². The quantitative estimate of drug-likeness (QED) is 0.835. The van der Waals surface area contributed by atoms with Gasteiger partial charge >= 0.3 is 0 Å². The fourth-order valence-electron chi connectivity index (χ4n) is 2.32. The van der Waals surface area contributed by atoms with Crippen LogP contribution in [0, 0.1) is 13.8 Å². The van der Waals surface area contributed by atoms with E-state index in [1.807, 2.05) is 32.0 Å². The van der Waals surface area contributed by atoms with Crippen LogP contribution in [0.2, 0.25) is 0 Å². The van der Waals surface area contributed by atoms with Gasteiger partial charge in [-0.05, 0) is 38.1 Å². The number of anilines is 1. The second kappa shape index (κ2) is 8.80. The molecule has 2 aromatic rings. The molecule has 6 nitrogen and oxygen atoms in total. The van der Waals surface area contributed by atoms with Gasteiger partial charge in [-0.25, -0.2) is 0 Å². The summed E-state index contributed by atoms with van der Waals surface area (Å²) in [6.07, 6.45) is 0. The summed E-state index contributed by atoms with van der Waals surface area (Å²) >= 11 is 0. The van der Waals surface area contributed by atoms with E-state index in [9.17, 15) is 14.4 Å². The molecule has 2 rings (SSSR count). The van der Waals surface area contributed by atoms with Crippen molar-refractivity contribution in [2.75, 3.05) is 25.5 Å². The molecule has 0 aliphatic heterocycles. The number of rotatable bonds is 6. The van der Waals surface area contributed by atoms with E-state index in [0.717, 1.165) is 11.1 Å². The van der Waals surface area contributed by atoms with Gasteiger partial charge in [-0.1, -0.05) is 35.4 Å². The summed E-state index contributed by atoms with van der Waals surface area (Å²) in [6.45, 7) is 3.60. The van der Waals surface area contributed by atoms with Gasteiger partial charge in [0.25, 0.3) is 5.91 Å². The van der Waals surface area contributed by atoms with E-state index < -0.39 is 0 Å². The number of carbonyl (C=O) groups excluding carboxylic acids is 3. The van der Waals surface area contributed by atoms with Gasteiger partial charge in [-0.15, -0.1) is 0 Å². The average Bonchev–Trinajstić information content (AvgIpc) is 2.61. The number of aryl methyl sites for hydroxylation is 2. The molecule has 0 aromatic heterocycles. The van der Waals surface area contributed by atoms with E-state index in [2.05, 4.69) is 10.6 Å². The number of hydrogen-bond donors (Lipinski definition) is 2. The van der Waals surface area contributed by atoms with Crippen LogP contribution in [-0.4, -0.2) is 42.8 Å². The highest BCUT2D eigenvalue weighted by Crippen LogP contribution is 2.08. The fraction of sp³-hybridized carbons (Fsp3) is 0.250. The molecule has 0 saturated carbocycles. The Bertz CT molecular complexity index is 800. The van der Waals surface area contributed by atoms with Crippen molar-refractivity contribution in [3.63, 3.8) is 0 Å². The molecule has 26 heavy (non-hydrogen) atoms. The van der Waals surface area contributed by atoms with Crippen LogP contribution in [0.5, 0.6) is 0 Å². The second-order valence-corrected chi connectivity index (χ2v) is 6.22. The van der Waals surface area contributed by atoms with Crippen LogP contribution >= 0.6 is 0 Å². The largest absolute Gasteiger partial charge is 0.343 e. The predicted molar refractivity (Wildman–Crippen MR) is 101 cm³/mol. The molecule has 0 bridgehead atoms. The van der Waals surface area contributed by atoms with E-state index >= 15 is 0 Å². The number of likely N-dealkylation sites (N-methyl/N-ethyl adjacent to an activating group) is 1. The van der Waals surface area contributed by atoms with Gasteiger partial charge in [0.15, 0.2) is 0 Å². The number of carbonyl (C=O) groups is 3. The Balaban J connectivity index is 1.80. The summed E-state index contributed by atoms with van der Waals surface area (Å²) in [7, 11) is 1.52. The van der Waals surface area contributed by atoms with Gasteiger partial charge in [0.05, 0.1) is 13.1 Å². The van der Waals surface area contributed by atoms with Gasteiger partial charge in [-0.2, -0.15) is 0 Å². The zero-order valence-corrected chi connectivity index (χ0v) is 15.2. The maximum atomic E-state index is 12.1. The molecule has 0 aliphatic rings. The fourth-order valence-corrected chi connectivity index (χ4v) is 2.32. The van der Waals surface area contributed by atoms with Crippen molar-refractivity contribution in [3.8, 4) is 0 Å². The number of hydrogen-bond acceptors (Lipinski definition) is 3. The molecule has 0 heterocycles. The lowest BCUT2D eigenvalue weighted by molar-refractivity contribution is -0.132. The van der Waals surface area contributed by atoms with Gasteiger partial charge < -0.3 is 15.5 Å². The highest BCUT2D eigenvalue weighted by Gasteiger charge is 2.14. The van der Waals surface area contributed by atoms with Crippen molar-refractivity contribution >= 4 is 23.4 Å². The van der Waals surface area contributed by atoms with Gasteiger partial charge in [0.2, 0.25) is 11.8 Å². The van der Waals surface area contributed by atoms with Crippen molar-refractivity contribution < 1.29 is 14.4 Å². The monoisotopic (exact) mass is 353 g/mol. The number of amides is 3. The first-order valence-corrected chi connectivity index (χ1v) is 8.30. The lowest BCUT2D eigenvalue weighted by Gasteiger charge is -2.17. The first-order chi connectivity index (χ1) is 12.3. The predicted octanol–water partition coefficient (Wildman–Crippen LogP) is 2.13. The summed E-state index contributed by atoms with van der Waals surface area (Å²) < 4.78 is 0. The first kappa shape index (κ1) is 19.2. The van der Waals surface area contributed by atoms with E-state index in [1.54, 1.807) is 30.3 Å². The first-order valence-electron chi connectivity index (χ1n) is 8.30. The smallest absolute Gasteiger partial charge is 0.251 e. The molecule has 0 radical (unpaired) electrons. The van der Waals surface area contributed by atoms with Gasteiger partial charge in [-0.3, -0.25) is 14.4 Å². The van der Waals surface area contributed by atoms with Crippen LogP contribution in [-0.2, 0) is 9.59 Å². The molecule has 3 amide bonds. The van der Waals surface area contributed by atoms with Crippen molar-refractivity contribution in [1.82, 2.24) is 10.2 Å².